The fourth-order valence-electron chi connectivity index (χ4n) is 3.99. The number of aryl methyl sites for hydroxylation is 1. The SMILES string of the molecule is Cc1ccc(N2C(=O)CSC23CCN(C(=O)Cc2ccc(F)cc2)CC3)cc1. The second-order valence-corrected chi connectivity index (χ2v) is 8.82. The van der Waals surface area contributed by atoms with E-state index in [0.717, 1.165) is 24.1 Å². The molecule has 0 unspecified atom stereocenters. The van der Waals surface area contributed by atoms with Gasteiger partial charge >= 0.3 is 0 Å². The number of carbonyl (C=O) groups is 2. The number of piperidine rings is 1. The van der Waals surface area contributed by atoms with Crippen LogP contribution in [0.15, 0.2) is 48.5 Å². The maximum atomic E-state index is 13.0. The number of anilines is 1. The van der Waals surface area contributed by atoms with Crippen molar-refractivity contribution >= 4 is 29.3 Å². The lowest BCUT2D eigenvalue weighted by molar-refractivity contribution is -0.131. The molecule has 0 saturated carbocycles. The minimum atomic E-state index is -0.296. The molecule has 0 atom stereocenters. The minimum absolute atomic E-state index is 0.0534. The van der Waals surface area contributed by atoms with Crippen LogP contribution in [0.3, 0.4) is 0 Å². The van der Waals surface area contributed by atoms with Gasteiger partial charge in [0.25, 0.3) is 0 Å². The Kier molecular flexibility index (Phi) is 5.15. The van der Waals surface area contributed by atoms with Crippen molar-refractivity contribution in [3.8, 4) is 0 Å². The summed E-state index contributed by atoms with van der Waals surface area (Å²) in [6, 6.07) is 14.1. The minimum Gasteiger partial charge on any atom is -0.342 e. The zero-order valence-corrected chi connectivity index (χ0v) is 16.7. The van der Waals surface area contributed by atoms with Crippen LogP contribution in [0.5, 0.6) is 0 Å². The molecule has 28 heavy (non-hydrogen) atoms. The molecule has 0 radical (unpaired) electrons. The van der Waals surface area contributed by atoms with Crippen molar-refractivity contribution in [3.05, 3.63) is 65.5 Å². The number of carbonyl (C=O) groups excluding carboxylic acids is 2. The lowest BCUT2D eigenvalue weighted by Gasteiger charge is -2.44. The predicted molar refractivity (Wildman–Crippen MR) is 110 cm³/mol. The van der Waals surface area contributed by atoms with Gasteiger partial charge in [0, 0.05) is 18.8 Å². The van der Waals surface area contributed by atoms with E-state index in [4.69, 9.17) is 0 Å². The molecule has 0 N–H and O–H groups in total. The van der Waals surface area contributed by atoms with Crippen molar-refractivity contribution in [2.75, 3.05) is 23.7 Å². The molecule has 2 aliphatic rings. The van der Waals surface area contributed by atoms with Crippen molar-refractivity contribution in [1.29, 1.82) is 0 Å². The molecule has 4 rings (SSSR count). The molecule has 2 aromatic rings. The molecule has 0 aromatic heterocycles. The first-order valence-electron chi connectivity index (χ1n) is 9.53. The first kappa shape index (κ1) is 19.0. The molecular formula is C22H23FN2O2S. The monoisotopic (exact) mass is 398 g/mol. The van der Waals surface area contributed by atoms with Crippen LogP contribution in [-0.4, -0.2) is 40.4 Å². The van der Waals surface area contributed by atoms with E-state index in [9.17, 15) is 14.0 Å². The standard InChI is InChI=1S/C22H23FN2O2S/c1-16-2-8-19(9-3-16)25-21(27)15-28-22(25)10-12-24(13-11-22)20(26)14-17-4-6-18(23)7-5-17/h2-9H,10-15H2,1H3. The lowest BCUT2D eigenvalue weighted by Crippen LogP contribution is -2.53. The zero-order valence-electron chi connectivity index (χ0n) is 15.9. The molecule has 2 fully saturated rings. The summed E-state index contributed by atoms with van der Waals surface area (Å²) in [5, 5.41) is 0. The molecule has 2 heterocycles. The van der Waals surface area contributed by atoms with Crippen LogP contribution >= 0.6 is 11.8 Å². The number of halogens is 1. The fourth-order valence-corrected chi connectivity index (χ4v) is 5.32. The van der Waals surface area contributed by atoms with E-state index in [0.29, 0.717) is 18.8 Å². The zero-order chi connectivity index (χ0) is 19.7. The highest BCUT2D eigenvalue weighted by atomic mass is 32.2. The Morgan fingerprint density at radius 3 is 2.36 bits per heavy atom. The van der Waals surface area contributed by atoms with Crippen molar-refractivity contribution in [2.45, 2.75) is 31.1 Å². The number of benzene rings is 2. The summed E-state index contributed by atoms with van der Waals surface area (Å²) in [4.78, 5) is 28.8. The molecule has 6 heteroatoms. The van der Waals surface area contributed by atoms with Crippen LogP contribution < -0.4 is 4.90 Å². The molecule has 2 saturated heterocycles. The van der Waals surface area contributed by atoms with Gasteiger partial charge in [-0.05, 0) is 49.6 Å². The summed E-state index contributed by atoms with van der Waals surface area (Å²) < 4.78 is 13.0. The molecule has 2 aromatic carbocycles. The Bertz CT molecular complexity index is 874. The summed E-state index contributed by atoms with van der Waals surface area (Å²) in [6.45, 7) is 3.29. The third-order valence-corrected chi connectivity index (χ3v) is 7.10. The third-order valence-electron chi connectivity index (χ3n) is 5.58. The van der Waals surface area contributed by atoms with Crippen molar-refractivity contribution in [2.24, 2.45) is 0 Å². The Labute approximate surface area is 168 Å². The smallest absolute Gasteiger partial charge is 0.238 e. The van der Waals surface area contributed by atoms with Gasteiger partial charge in [-0.2, -0.15) is 0 Å². The topological polar surface area (TPSA) is 40.6 Å². The third kappa shape index (κ3) is 3.65. The van der Waals surface area contributed by atoms with E-state index in [1.54, 1.807) is 23.9 Å². The second kappa shape index (κ2) is 7.59. The fraction of sp³-hybridized carbons (Fsp3) is 0.364. The molecule has 2 aliphatic heterocycles. The van der Waals surface area contributed by atoms with Crippen molar-refractivity contribution in [3.63, 3.8) is 0 Å². The van der Waals surface area contributed by atoms with E-state index in [2.05, 4.69) is 0 Å². The first-order chi connectivity index (χ1) is 13.5. The van der Waals surface area contributed by atoms with Crippen LogP contribution in [0, 0.1) is 12.7 Å². The van der Waals surface area contributed by atoms with Crippen molar-refractivity contribution in [1.82, 2.24) is 4.90 Å². The first-order valence-corrected chi connectivity index (χ1v) is 10.5. The van der Waals surface area contributed by atoms with Gasteiger partial charge in [-0.25, -0.2) is 4.39 Å². The maximum absolute atomic E-state index is 13.0. The second-order valence-electron chi connectivity index (χ2n) is 7.48. The number of rotatable bonds is 3. The lowest BCUT2D eigenvalue weighted by atomic mass is 10.00. The highest BCUT2D eigenvalue weighted by Gasteiger charge is 2.49. The highest BCUT2D eigenvalue weighted by molar-refractivity contribution is 8.02. The van der Waals surface area contributed by atoms with Gasteiger partial charge in [-0.1, -0.05) is 29.8 Å². The largest absolute Gasteiger partial charge is 0.342 e. The number of amides is 2. The van der Waals surface area contributed by atoms with E-state index >= 15 is 0 Å². The van der Waals surface area contributed by atoms with E-state index < -0.39 is 0 Å². The molecule has 146 valence electrons. The summed E-state index contributed by atoms with van der Waals surface area (Å²) in [5.74, 6) is 0.380. The molecule has 0 bridgehead atoms. The van der Waals surface area contributed by atoms with Crippen molar-refractivity contribution < 1.29 is 14.0 Å². The van der Waals surface area contributed by atoms with Gasteiger partial charge in [-0.3, -0.25) is 14.5 Å². The normalized spacial score (nSPS) is 18.7. The number of hydrogen-bond donors (Lipinski definition) is 0. The van der Waals surface area contributed by atoms with Crippen LogP contribution in [0.2, 0.25) is 0 Å². The number of hydrogen-bond acceptors (Lipinski definition) is 3. The molecule has 4 nitrogen and oxygen atoms in total. The Balaban J connectivity index is 1.44. The summed E-state index contributed by atoms with van der Waals surface area (Å²) in [6.07, 6.45) is 1.79. The molecular weight excluding hydrogens is 375 g/mol. The van der Waals surface area contributed by atoms with Crippen LogP contribution in [0.4, 0.5) is 10.1 Å². The summed E-state index contributed by atoms with van der Waals surface area (Å²) in [5.41, 5.74) is 2.92. The molecule has 0 aliphatic carbocycles. The van der Waals surface area contributed by atoms with Crippen LogP contribution in [0.25, 0.3) is 0 Å². The highest BCUT2D eigenvalue weighted by Crippen LogP contribution is 2.46. The van der Waals surface area contributed by atoms with Crippen LogP contribution in [-0.2, 0) is 16.0 Å². The number of likely N-dealkylation sites (tertiary alicyclic amines) is 1. The van der Waals surface area contributed by atoms with Gasteiger partial charge in [-0.15, -0.1) is 11.8 Å². The van der Waals surface area contributed by atoms with Gasteiger partial charge in [0.05, 0.1) is 17.0 Å². The maximum Gasteiger partial charge on any atom is 0.238 e. The van der Waals surface area contributed by atoms with E-state index in [1.165, 1.54) is 17.7 Å². The van der Waals surface area contributed by atoms with E-state index in [-0.39, 0.29) is 28.9 Å². The Morgan fingerprint density at radius 2 is 1.71 bits per heavy atom. The Morgan fingerprint density at radius 1 is 1.07 bits per heavy atom. The summed E-state index contributed by atoms with van der Waals surface area (Å²) >= 11 is 1.70. The molecule has 2 amide bonds. The van der Waals surface area contributed by atoms with Gasteiger partial charge in [0.15, 0.2) is 0 Å². The van der Waals surface area contributed by atoms with E-state index in [1.807, 2.05) is 41.0 Å². The molecule has 1 spiro atoms. The quantitative estimate of drug-likeness (QED) is 0.790. The summed E-state index contributed by atoms with van der Waals surface area (Å²) in [7, 11) is 0. The average molecular weight is 399 g/mol. The van der Waals surface area contributed by atoms with Crippen LogP contribution in [0.1, 0.15) is 24.0 Å². The Hall–Kier alpha value is -2.34. The number of nitrogens with zero attached hydrogens (tertiary/aromatic N) is 2. The number of thioether (sulfide) groups is 1. The average Bonchev–Trinajstić information content (AvgIpc) is 3.01. The predicted octanol–water partition coefficient (Wildman–Crippen LogP) is 3.78. The van der Waals surface area contributed by atoms with Gasteiger partial charge in [0.1, 0.15) is 5.82 Å². The van der Waals surface area contributed by atoms with Gasteiger partial charge < -0.3 is 4.90 Å². The van der Waals surface area contributed by atoms with Gasteiger partial charge in [0.2, 0.25) is 11.8 Å².